The van der Waals surface area contributed by atoms with Crippen LogP contribution in [0.1, 0.15) is 47.7 Å². The lowest BCUT2D eigenvalue weighted by Gasteiger charge is -2.36. The van der Waals surface area contributed by atoms with Gasteiger partial charge in [-0.25, -0.2) is 8.42 Å². The van der Waals surface area contributed by atoms with Gasteiger partial charge in [-0.05, 0) is 86.0 Å². The molecule has 1 fully saturated rings. The van der Waals surface area contributed by atoms with Crippen molar-refractivity contribution < 1.29 is 17.9 Å². The lowest BCUT2D eigenvalue weighted by molar-refractivity contribution is 0.0635. The van der Waals surface area contributed by atoms with Crippen LogP contribution in [0.25, 0.3) is 0 Å². The number of carbonyl (C=O) groups excluding carboxylic acids is 1. The molecule has 1 unspecified atom stereocenters. The largest absolute Gasteiger partial charge is 0.497 e. The van der Waals surface area contributed by atoms with Crippen LogP contribution in [0, 0.1) is 0 Å². The van der Waals surface area contributed by atoms with Crippen LogP contribution >= 0.6 is 23.2 Å². The lowest BCUT2D eigenvalue weighted by Crippen LogP contribution is -2.45. The van der Waals surface area contributed by atoms with Crippen LogP contribution in [-0.2, 0) is 16.6 Å². The van der Waals surface area contributed by atoms with Gasteiger partial charge in [0.15, 0.2) is 0 Å². The average Bonchev–Trinajstić information content (AvgIpc) is 3.31. The van der Waals surface area contributed by atoms with Crippen LogP contribution < -0.4 is 9.04 Å². The van der Waals surface area contributed by atoms with E-state index in [0.717, 1.165) is 23.3 Å². The number of rotatable bonds is 8. The number of methoxy groups -OCH3 is 1. The summed E-state index contributed by atoms with van der Waals surface area (Å²) in [5, 5.41) is 0.691. The second-order valence-electron chi connectivity index (χ2n) is 10.8. The fourth-order valence-corrected chi connectivity index (χ4v) is 7.46. The molecule has 0 radical (unpaired) electrons. The molecule has 6 nitrogen and oxygen atoms in total. The summed E-state index contributed by atoms with van der Waals surface area (Å²) in [7, 11) is -2.47. The third-order valence-corrected chi connectivity index (χ3v) is 10.3. The first-order valence-electron chi connectivity index (χ1n) is 13.6. The molecule has 5 rings (SSSR count). The molecular weight excluding hydrogens is 591 g/mol. The van der Waals surface area contributed by atoms with Crippen molar-refractivity contribution in [2.24, 2.45) is 0 Å². The molecule has 9 heteroatoms. The molecule has 0 aliphatic carbocycles. The van der Waals surface area contributed by atoms with Gasteiger partial charge < -0.3 is 9.64 Å². The number of carbonyl (C=O) groups is 1. The van der Waals surface area contributed by atoms with Crippen LogP contribution in [0.4, 0.5) is 5.69 Å². The molecule has 0 saturated carbocycles. The summed E-state index contributed by atoms with van der Waals surface area (Å²) in [6, 6.07) is 28.1. The van der Waals surface area contributed by atoms with Crippen LogP contribution in [0.3, 0.4) is 0 Å². The van der Waals surface area contributed by atoms with Crippen molar-refractivity contribution in [1.82, 2.24) is 4.90 Å². The Hall–Kier alpha value is -3.52. The topological polar surface area (TPSA) is 66.9 Å². The van der Waals surface area contributed by atoms with Crippen molar-refractivity contribution in [2.75, 3.05) is 18.0 Å². The van der Waals surface area contributed by atoms with Crippen molar-refractivity contribution in [2.45, 2.75) is 43.2 Å². The van der Waals surface area contributed by atoms with Crippen LogP contribution in [0.15, 0.2) is 102 Å². The van der Waals surface area contributed by atoms with E-state index in [1.54, 1.807) is 36.3 Å². The Morgan fingerprint density at radius 2 is 1.67 bits per heavy atom. The second-order valence-corrected chi connectivity index (χ2v) is 13.5. The highest BCUT2D eigenvalue weighted by atomic mass is 35.5. The van der Waals surface area contributed by atoms with E-state index in [1.165, 1.54) is 22.5 Å². The number of nitrogens with zero attached hydrogens (tertiary/aromatic N) is 2. The van der Waals surface area contributed by atoms with E-state index in [4.69, 9.17) is 27.9 Å². The van der Waals surface area contributed by atoms with Gasteiger partial charge in [-0.3, -0.25) is 9.10 Å². The van der Waals surface area contributed by atoms with Crippen LogP contribution in [-0.4, -0.2) is 38.4 Å². The number of hydrogen-bond donors (Lipinski definition) is 0. The Kier molecular flexibility index (Phi) is 8.56. The minimum atomic E-state index is -4.10. The number of ether oxygens (including phenoxy) is 1. The number of benzene rings is 4. The number of sulfonamides is 1. The predicted octanol–water partition coefficient (Wildman–Crippen LogP) is 7.81. The monoisotopic (exact) mass is 622 g/mol. The van der Waals surface area contributed by atoms with Gasteiger partial charge in [-0.1, -0.05) is 65.7 Å². The first kappa shape index (κ1) is 30.0. The maximum absolute atomic E-state index is 14.2. The van der Waals surface area contributed by atoms with Crippen LogP contribution in [0.2, 0.25) is 10.0 Å². The van der Waals surface area contributed by atoms with Crippen molar-refractivity contribution in [3.8, 4) is 5.75 Å². The van der Waals surface area contributed by atoms with Gasteiger partial charge in [-0.2, -0.15) is 0 Å². The van der Waals surface area contributed by atoms with Gasteiger partial charge >= 0.3 is 0 Å². The van der Waals surface area contributed by atoms with Crippen molar-refractivity contribution in [3.63, 3.8) is 0 Å². The molecule has 1 saturated heterocycles. The van der Waals surface area contributed by atoms with Gasteiger partial charge in [-0.15, -0.1) is 0 Å². The SMILES string of the molecule is COc1cccc(C2CCN(C(=O)c3cc(S(=O)(=O)N(Cc4ccccc4)c4ccc(Cl)cc4)ccc3Cl)C2(C)C)c1. The third kappa shape index (κ3) is 5.87. The van der Waals surface area contributed by atoms with Gasteiger partial charge in [0.1, 0.15) is 5.75 Å². The number of likely N-dealkylation sites (tertiary alicyclic amines) is 1. The fraction of sp³-hybridized carbons (Fsp3) is 0.242. The van der Waals surface area contributed by atoms with E-state index < -0.39 is 15.6 Å². The molecule has 1 amide bonds. The zero-order valence-electron chi connectivity index (χ0n) is 23.6. The molecule has 42 heavy (non-hydrogen) atoms. The highest BCUT2D eigenvalue weighted by molar-refractivity contribution is 7.92. The molecule has 1 atom stereocenters. The Balaban J connectivity index is 1.49. The minimum absolute atomic E-state index is 0.0255. The van der Waals surface area contributed by atoms with E-state index >= 15 is 0 Å². The molecule has 0 spiro atoms. The molecule has 1 aliphatic heterocycles. The number of halogens is 2. The normalized spacial score (nSPS) is 16.3. The van der Waals surface area contributed by atoms with E-state index in [2.05, 4.69) is 0 Å². The zero-order chi connectivity index (χ0) is 30.1. The molecule has 218 valence electrons. The summed E-state index contributed by atoms with van der Waals surface area (Å²) in [4.78, 5) is 15.8. The molecule has 1 heterocycles. The van der Waals surface area contributed by atoms with E-state index in [0.29, 0.717) is 17.3 Å². The van der Waals surface area contributed by atoms with E-state index in [-0.39, 0.29) is 33.9 Å². The van der Waals surface area contributed by atoms with Crippen molar-refractivity contribution in [1.29, 1.82) is 0 Å². The maximum Gasteiger partial charge on any atom is 0.264 e. The smallest absolute Gasteiger partial charge is 0.264 e. The summed E-state index contributed by atoms with van der Waals surface area (Å²) in [6.07, 6.45) is 0.753. The molecule has 1 aliphatic rings. The standard InChI is InChI=1S/C33H32Cl2N2O4S/c1-33(2)30(24-10-7-11-27(20-24)41-3)18-19-36(33)32(38)29-21-28(16-17-31(29)35)42(39,40)37(22-23-8-5-4-6-9-23)26-14-12-25(34)13-15-26/h4-17,20-21,30H,18-19,22H2,1-3H3. The molecular formula is C33H32Cl2N2O4S. The summed E-state index contributed by atoms with van der Waals surface area (Å²) in [5.41, 5.74) is 1.94. The van der Waals surface area contributed by atoms with Crippen molar-refractivity contribution in [3.05, 3.63) is 124 Å². The highest BCUT2D eigenvalue weighted by Crippen LogP contribution is 2.44. The molecule has 0 aromatic heterocycles. The average molecular weight is 624 g/mol. The lowest BCUT2D eigenvalue weighted by atomic mass is 9.82. The van der Waals surface area contributed by atoms with Crippen LogP contribution in [0.5, 0.6) is 5.75 Å². The molecule has 4 aromatic rings. The number of hydrogen-bond acceptors (Lipinski definition) is 4. The van der Waals surface area contributed by atoms with Gasteiger partial charge in [0.2, 0.25) is 0 Å². The Bertz CT molecular complexity index is 1690. The zero-order valence-corrected chi connectivity index (χ0v) is 26.0. The molecule has 0 N–H and O–H groups in total. The highest BCUT2D eigenvalue weighted by Gasteiger charge is 2.45. The summed E-state index contributed by atoms with van der Waals surface area (Å²) in [6.45, 7) is 4.65. The quantitative estimate of drug-likeness (QED) is 0.201. The Labute approximate surface area is 257 Å². The summed E-state index contributed by atoms with van der Waals surface area (Å²) >= 11 is 12.7. The van der Waals surface area contributed by atoms with Gasteiger partial charge in [0.05, 0.1) is 34.8 Å². The van der Waals surface area contributed by atoms with Gasteiger partial charge in [0.25, 0.3) is 15.9 Å². The van der Waals surface area contributed by atoms with E-state index in [9.17, 15) is 13.2 Å². The number of amides is 1. The second kappa shape index (κ2) is 12.0. The Morgan fingerprint density at radius 1 is 0.952 bits per heavy atom. The van der Waals surface area contributed by atoms with Crippen molar-refractivity contribution >= 4 is 44.8 Å². The third-order valence-electron chi connectivity index (χ3n) is 7.97. The van der Waals surface area contributed by atoms with E-state index in [1.807, 2.05) is 68.4 Å². The first-order chi connectivity index (χ1) is 20.0. The maximum atomic E-state index is 14.2. The number of anilines is 1. The minimum Gasteiger partial charge on any atom is -0.497 e. The predicted molar refractivity (Wildman–Crippen MR) is 168 cm³/mol. The fourth-order valence-electron chi connectivity index (χ4n) is 5.66. The summed E-state index contributed by atoms with van der Waals surface area (Å²) in [5.74, 6) is 0.511. The van der Waals surface area contributed by atoms with Gasteiger partial charge in [0, 0.05) is 23.0 Å². The molecule has 0 bridgehead atoms. The Morgan fingerprint density at radius 3 is 2.36 bits per heavy atom. The molecule has 4 aromatic carbocycles. The first-order valence-corrected chi connectivity index (χ1v) is 15.8. The summed E-state index contributed by atoms with van der Waals surface area (Å²) < 4.78 is 35.1.